The van der Waals surface area contributed by atoms with Crippen LogP contribution in [-0.4, -0.2) is 60.0 Å². The molecule has 0 bridgehead atoms. The average molecular weight is 458 g/mol. The van der Waals surface area contributed by atoms with Crippen LogP contribution in [0.1, 0.15) is 54.3 Å². The van der Waals surface area contributed by atoms with Crippen molar-refractivity contribution in [2.75, 3.05) is 32.0 Å². The third-order valence-electron chi connectivity index (χ3n) is 5.23. The third-order valence-corrected chi connectivity index (χ3v) is 5.92. The summed E-state index contributed by atoms with van der Waals surface area (Å²) in [5.74, 6) is -0.185. The molecule has 1 aliphatic heterocycles. The number of nitrogens with zero attached hydrogens (tertiary/aromatic N) is 2. The Balaban J connectivity index is 1.65. The fourth-order valence-corrected chi connectivity index (χ4v) is 4.37. The van der Waals surface area contributed by atoms with E-state index in [1.165, 1.54) is 11.3 Å². The summed E-state index contributed by atoms with van der Waals surface area (Å²) >= 11 is 1.45. The van der Waals surface area contributed by atoms with E-state index in [0.717, 1.165) is 12.8 Å². The van der Waals surface area contributed by atoms with Gasteiger partial charge < -0.3 is 19.9 Å². The van der Waals surface area contributed by atoms with Crippen molar-refractivity contribution in [1.29, 1.82) is 0 Å². The van der Waals surface area contributed by atoms with Gasteiger partial charge in [-0.05, 0) is 63.1 Å². The number of rotatable bonds is 5. The smallest absolute Gasteiger partial charge is 0.410 e. The van der Waals surface area contributed by atoms with Gasteiger partial charge in [-0.3, -0.25) is 9.59 Å². The zero-order chi connectivity index (χ0) is 23.3. The quantitative estimate of drug-likeness (QED) is 0.705. The number of carbonyl (C=O) groups is 3. The first kappa shape index (κ1) is 23.8. The predicted octanol–water partition coefficient (Wildman–Crippen LogP) is 4.72. The van der Waals surface area contributed by atoms with Crippen LogP contribution >= 0.6 is 11.3 Å². The molecular formula is C24H31N3O4S. The van der Waals surface area contributed by atoms with E-state index in [0.29, 0.717) is 36.4 Å². The van der Waals surface area contributed by atoms with Gasteiger partial charge in [-0.1, -0.05) is 12.1 Å². The monoisotopic (exact) mass is 457 g/mol. The lowest BCUT2D eigenvalue weighted by molar-refractivity contribution is 0.0244. The van der Waals surface area contributed by atoms with E-state index in [9.17, 15) is 14.4 Å². The van der Waals surface area contributed by atoms with Crippen molar-refractivity contribution < 1.29 is 19.1 Å². The summed E-state index contributed by atoms with van der Waals surface area (Å²) in [7, 11) is 1.73. The van der Waals surface area contributed by atoms with E-state index in [-0.39, 0.29) is 23.8 Å². The zero-order valence-electron chi connectivity index (χ0n) is 19.1. The number of likely N-dealkylation sites (tertiary alicyclic amines) is 1. The second-order valence-corrected chi connectivity index (χ2v) is 9.91. The molecular weight excluding hydrogens is 426 g/mol. The standard InChI is InChI=1S/C24H31N3O4S/c1-24(2,3)31-23(30)26(4)14-17-8-7-12-27(15-17)22(29)19-9-5-6-10-20(19)25-21(28)18-11-13-32-16-18/h5-6,9-11,13,16-17H,7-8,12,14-15H2,1-4H3,(H,25,28). The highest BCUT2D eigenvalue weighted by Crippen LogP contribution is 2.24. The minimum atomic E-state index is -0.545. The molecule has 0 aliphatic carbocycles. The van der Waals surface area contributed by atoms with E-state index < -0.39 is 5.60 Å². The topological polar surface area (TPSA) is 79.0 Å². The Bertz CT molecular complexity index is 952. The second-order valence-electron chi connectivity index (χ2n) is 9.13. The average Bonchev–Trinajstić information content (AvgIpc) is 3.28. The number of anilines is 1. The zero-order valence-corrected chi connectivity index (χ0v) is 19.9. The van der Waals surface area contributed by atoms with Crippen LogP contribution in [0, 0.1) is 5.92 Å². The normalized spacial score (nSPS) is 16.4. The molecule has 2 heterocycles. The Morgan fingerprint density at radius 2 is 1.97 bits per heavy atom. The summed E-state index contributed by atoms with van der Waals surface area (Å²) in [4.78, 5) is 41.5. The fourth-order valence-electron chi connectivity index (χ4n) is 3.74. The highest BCUT2D eigenvalue weighted by atomic mass is 32.1. The number of piperidine rings is 1. The number of thiophene rings is 1. The van der Waals surface area contributed by atoms with Gasteiger partial charge in [-0.25, -0.2) is 4.79 Å². The molecule has 3 rings (SSSR count). The van der Waals surface area contributed by atoms with Crippen LogP contribution in [0.4, 0.5) is 10.5 Å². The number of benzene rings is 1. The van der Waals surface area contributed by atoms with Gasteiger partial charge in [0.1, 0.15) is 5.60 Å². The Morgan fingerprint density at radius 1 is 1.22 bits per heavy atom. The highest BCUT2D eigenvalue weighted by molar-refractivity contribution is 7.08. The van der Waals surface area contributed by atoms with Gasteiger partial charge in [0, 0.05) is 32.1 Å². The van der Waals surface area contributed by atoms with Gasteiger partial charge in [-0.15, -0.1) is 0 Å². The molecule has 0 saturated carbocycles. The highest BCUT2D eigenvalue weighted by Gasteiger charge is 2.29. The molecule has 8 heteroatoms. The van der Waals surface area contributed by atoms with E-state index >= 15 is 0 Å². The Hall–Kier alpha value is -2.87. The first-order chi connectivity index (χ1) is 15.1. The minimum absolute atomic E-state index is 0.115. The number of ether oxygens (including phenoxy) is 1. The van der Waals surface area contributed by atoms with Crippen molar-refractivity contribution in [2.24, 2.45) is 5.92 Å². The van der Waals surface area contributed by atoms with Crippen molar-refractivity contribution in [1.82, 2.24) is 9.80 Å². The molecule has 7 nitrogen and oxygen atoms in total. The van der Waals surface area contributed by atoms with Crippen LogP contribution < -0.4 is 5.32 Å². The fraction of sp³-hybridized carbons (Fsp3) is 0.458. The third kappa shape index (κ3) is 6.32. The van der Waals surface area contributed by atoms with Gasteiger partial charge >= 0.3 is 6.09 Å². The van der Waals surface area contributed by atoms with Gasteiger partial charge in [0.25, 0.3) is 11.8 Å². The Kier molecular flexibility index (Phi) is 7.56. The number of para-hydroxylation sites is 1. The van der Waals surface area contributed by atoms with Crippen molar-refractivity contribution in [3.05, 3.63) is 52.2 Å². The number of amides is 3. The molecule has 0 radical (unpaired) electrons. The van der Waals surface area contributed by atoms with Crippen LogP contribution in [0.15, 0.2) is 41.1 Å². The van der Waals surface area contributed by atoms with Crippen LogP contribution in [0.3, 0.4) is 0 Å². The van der Waals surface area contributed by atoms with Crippen molar-refractivity contribution in [3.8, 4) is 0 Å². The lowest BCUT2D eigenvalue weighted by atomic mass is 9.96. The first-order valence-corrected chi connectivity index (χ1v) is 11.7. The number of hydrogen-bond acceptors (Lipinski definition) is 5. The maximum absolute atomic E-state index is 13.3. The number of hydrogen-bond donors (Lipinski definition) is 1. The van der Waals surface area contributed by atoms with Gasteiger partial charge in [0.15, 0.2) is 0 Å². The molecule has 1 aliphatic rings. The van der Waals surface area contributed by atoms with Crippen LogP contribution in [0.2, 0.25) is 0 Å². The largest absolute Gasteiger partial charge is 0.444 e. The van der Waals surface area contributed by atoms with Gasteiger partial charge in [0.2, 0.25) is 0 Å². The van der Waals surface area contributed by atoms with E-state index in [1.807, 2.05) is 31.1 Å². The molecule has 1 aromatic heterocycles. The summed E-state index contributed by atoms with van der Waals surface area (Å²) in [6.45, 7) is 7.25. The molecule has 172 valence electrons. The molecule has 1 N–H and O–H groups in total. The first-order valence-electron chi connectivity index (χ1n) is 10.8. The van der Waals surface area contributed by atoms with Gasteiger partial charge in [0.05, 0.1) is 16.8 Å². The molecule has 0 spiro atoms. The molecule has 1 fully saturated rings. The maximum Gasteiger partial charge on any atom is 0.410 e. The SMILES string of the molecule is CN(CC1CCCN(C(=O)c2ccccc2NC(=O)c2ccsc2)C1)C(=O)OC(C)(C)C. The lowest BCUT2D eigenvalue weighted by Gasteiger charge is -2.35. The van der Waals surface area contributed by atoms with Crippen LogP contribution in [-0.2, 0) is 4.74 Å². The van der Waals surface area contributed by atoms with Crippen LogP contribution in [0.5, 0.6) is 0 Å². The van der Waals surface area contributed by atoms with Crippen molar-refractivity contribution >= 4 is 34.9 Å². The molecule has 1 saturated heterocycles. The molecule has 1 unspecified atom stereocenters. The molecule has 3 amide bonds. The van der Waals surface area contributed by atoms with E-state index in [2.05, 4.69) is 5.32 Å². The van der Waals surface area contributed by atoms with Crippen LogP contribution in [0.25, 0.3) is 0 Å². The summed E-state index contributed by atoms with van der Waals surface area (Å²) in [6, 6.07) is 8.83. The molecule has 1 atom stereocenters. The van der Waals surface area contributed by atoms with Crippen molar-refractivity contribution in [2.45, 2.75) is 39.2 Å². The summed E-state index contributed by atoms with van der Waals surface area (Å²) < 4.78 is 5.43. The van der Waals surface area contributed by atoms with E-state index in [4.69, 9.17) is 4.74 Å². The second kappa shape index (κ2) is 10.2. The minimum Gasteiger partial charge on any atom is -0.444 e. The predicted molar refractivity (Wildman–Crippen MR) is 126 cm³/mol. The molecule has 32 heavy (non-hydrogen) atoms. The summed E-state index contributed by atoms with van der Waals surface area (Å²) in [5, 5.41) is 6.48. The summed E-state index contributed by atoms with van der Waals surface area (Å²) in [5.41, 5.74) is 0.997. The van der Waals surface area contributed by atoms with E-state index in [1.54, 1.807) is 47.7 Å². The summed E-state index contributed by atoms with van der Waals surface area (Å²) in [6.07, 6.45) is 1.44. The number of nitrogens with one attached hydrogen (secondary N) is 1. The Labute approximate surface area is 193 Å². The van der Waals surface area contributed by atoms with Crippen molar-refractivity contribution in [3.63, 3.8) is 0 Å². The molecule has 1 aromatic carbocycles. The lowest BCUT2D eigenvalue weighted by Crippen LogP contribution is -2.45. The Morgan fingerprint density at radius 3 is 2.66 bits per heavy atom. The molecule has 2 aromatic rings. The van der Waals surface area contributed by atoms with Gasteiger partial charge in [-0.2, -0.15) is 11.3 Å². The number of carbonyl (C=O) groups excluding carboxylic acids is 3. The maximum atomic E-state index is 13.3.